The third kappa shape index (κ3) is 4.63. The van der Waals surface area contributed by atoms with Gasteiger partial charge >= 0.3 is 0 Å². The summed E-state index contributed by atoms with van der Waals surface area (Å²) in [5, 5.41) is 1.09. The summed E-state index contributed by atoms with van der Waals surface area (Å²) < 4.78 is 16.2. The van der Waals surface area contributed by atoms with Crippen molar-refractivity contribution in [2.45, 2.75) is 50.9 Å². The molecule has 2 aliphatic heterocycles. The topological polar surface area (TPSA) is 129 Å². The monoisotopic (exact) mass is 633 g/mol. The molecule has 9 rings (SSSR count). The summed E-state index contributed by atoms with van der Waals surface area (Å²) in [7, 11) is 3.30. The Bertz CT molecular complexity index is 2010. The maximum Gasteiger partial charge on any atom is 0.257 e. The minimum atomic E-state index is 0.00329. The number of likely N-dealkylation sites (tertiary alicyclic amines) is 1. The van der Waals surface area contributed by atoms with Crippen LogP contribution in [0.2, 0.25) is 0 Å². The summed E-state index contributed by atoms with van der Waals surface area (Å²) in [5.41, 5.74) is 10.7. The zero-order valence-electron chi connectivity index (χ0n) is 26.7. The minimum absolute atomic E-state index is 0.00329. The molecule has 0 unspecified atom stereocenters. The first-order chi connectivity index (χ1) is 23.0. The highest BCUT2D eigenvalue weighted by atomic mass is 16.5. The summed E-state index contributed by atoms with van der Waals surface area (Å²) >= 11 is 0. The van der Waals surface area contributed by atoms with E-state index in [-0.39, 0.29) is 18.0 Å². The summed E-state index contributed by atoms with van der Waals surface area (Å²) in [6.45, 7) is 3.95. The van der Waals surface area contributed by atoms with Gasteiger partial charge in [-0.2, -0.15) is 0 Å². The zero-order chi connectivity index (χ0) is 31.8. The number of fused-ring (bicyclic) bond motifs is 4. The van der Waals surface area contributed by atoms with Gasteiger partial charge in [-0.25, -0.2) is 19.9 Å². The lowest BCUT2D eigenvalue weighted by molar-refractivity contribution is 0.0700. The number of rotatable bonds is 9. The van der Waals surface area contributed by atoms with Gasteiger partial charge in [0.1, 0.15) is 16.9 Å². The highest BCUT2D eigenvalue weighted by molar-refractivity contribution is 6.00. The van der Waals surface area contributed by atoms with Crippen molar-refractivity contribution in [3.8, 4) is 23.1 Å². The van der Waals surface area contributed by atoms with Gasteiger partial charge in [0.05, 0.1) is 25.4 Å². The van der Waals surface area contributed by atoms with Gasteiger partial charge < -0.3 is 34.1 Å². The van der Waals surface area contributed by atoms with Gasteiger partial charge in [0.2, 0.25) is 0 Å². The average molecular weight is 634 g/mol. The second kappa shape index (κ2) is 10.9. The van der Waals surface area contributed by atoms with Crippen LogP contribution in [-0.4, -0.2) is 85.8 Å². The Labute approximate surface area is 272 Å². The van der Waals surface area contributed by atoms with Gasteiger partial charge in [0, 0.05) is 80.3 Å². The molecule has 12 heteroatoms. The van der Waals surface area contributed by atoms with Crippen molar-refractivity contribution in [3.63, 3.8) is 0 Å². The molecule has 2 bridgehead atoms. The van der Waals surface area contributed by atoms with Crippen molar-refractivity contribution in [1.82, 2.24) is 34.0 Å². The standard InChI is InChI=1S/C35H39N9O3/c1-46-28-14-24(35(45)43-19-23-7-8-26(43)29(23)36)12-25-30(28)44(18-21-15-41(16-21)33-34(47-2)39-11-10-38-33)32(40-25)27-13-22-4-3-9-37-31(22)42(27)17-20-5-6-20/h3-4,9-14,20-21,23,26,29H,5-8,15-19,36H2,1-2H3/t23-,26-,29-/m1/s1. The van der Waals surface area contributed by atoms with Gasteiger partial charge in [0.25, 0.3) is 11.8 Å². The SMILES string of the molecule is COc1nccnc1N1CC(Cn2c(-c3cc4cccnc4n3CC3CC3)nc3cc(C(=O)N4C[C@H]5CC[C@@H]4[C@@H]5N)cc(OC)c32)C1. The highest BCUT2D eigenvalue weighted by Gasteiger charge is 2.47. The number of pyridine rings is 1. The Balaban J connectivity index is 1.14. The number of ether oxygens (including phenoxy) is 2. The Morgan fingerprint density at radius 1 is 0.915 bits per heavy atom. The lowest BCUT2D eigenvalue weighted by Gasteiger charge is -2.40. The molecule has 2 saturated carbocycles. The second-order valence-electron chi connectivity index (χ2n) is 13.7. The Kier molecular flexibility index (Phi) is 6.63. The van der Waals surface area contributed by atoms with E-state index in [1.54, 1.807) is 26.6 Å². The fourth-order valence-electron chi connectivity index (χ4n) is 8.14. The lowest BCUT2D eigenvalue weighted by Crippen LogP contribution is -2.49. The van der Waals surface area contributed by atoms with E-state index < -0.39 is 0 Å². The van der Waals surface area contributed by atoms with E-state index in [2.05, 4.69) is 36.1 Å². The van der Waals surface area contributed by atoms with Crippen LogP contribution in [0.4, 0.5) is 5.82 Å². The predicted molar refractivity (Wildman–Crippen MR) is 178 cm³/mol. The highest BCUT2D eigenvalue weighted by Crippen LogP contribution is 2.41. The molecule has 2 saturated heterocycles. The normalized spacial score (nSPS) is 22.4. The first kappa shape index (κ1) is 28.5. The largest absolute Gasteiger partial charge is 0.494 e. The first-order valence-corrected chi connectivity index (χ1v) is 16.7. The smallest absolute Gasteiger partial charge is 0.257 e. The van der Waals surface area contributed by atoms with Crippen LogP contribution in [0.25, 0.3) is 33.6 Å². The van der Waals surface area contributed by atoms with E-state index in [1.165, 1.54) is 12.8 Å². The molecule has 6 heterocycles. The van der Waals surface area contributed by atoms with E-state index in [0.29, 0.717) is 41.5 Å². The second-order valence-corrected chi connectivity index (χ2v) is 13.7. The summed E-state index contributed by atoms with van der Waals surface area (Å²) in [4.78, 5) is 37.1. The molecule has 2 aliphatic carbocycles. The number of methoxy groups -OCH3 is 2. The van der Waals surface area contributed by atoms with Crippen LogP contribution >= 0.6 is 0 Å². The molecule has 3 atom stereocenters. The van der Waals surface area contributed by atoms with E-state index in [4.69, 9.17) is 25.2 Å². The predicted octanol–water partition coefficient (Wildman–Crippen LogP) is 3.97. The summed E-state index contributed by atoms with van der Waals surface area (Å²) in [6, 6.07) is 10.3. The van der Waals surface area contributed by atoms with Crippen LogP contribution in [0.15, 0.2) is 48.9 Å². The third-order valence-electron chi connectivity index (χ3n) is 10.7. The molecule has 2 N–H and O–H groups in total. The molecule has 1 amide bonds. The maximum absolute atomic E-state index is 14.0. The van der Waals surface area contributed by atoms with Gasteiger partial charge in [-0.05, 0) is 67.9 Å². The number of hydrogen-bond acceptors (Lipinski definition) is 9. The number of imidazole rings is 1. The van der Waals surface area contributed by atoms with Crippen LogP contribution in [-0.2, 0) is 13.1 Å². The van der Waals surface area contributed by atoms with E-state index >= 15 is 0 Å². The molecular formula is C35H39N9O3. The van der Waals surface area contributed by atoms with Crippen LogP contribution in [0, 0.1) is 17.8 Å². The number of carbonyl (C=O) groups is 1. The van der Waals surface area contributed by atoms with Crippen molar-refractivity contribution < 1.29 is 14.3 Å². The van der Waals surface area contributed by atoms with E-state index in [1.807, 2.05) is 29.3 Å². The first-order valence-electron chi connectivity index (χ1n) is 16.7. The maximum atomic E-state index is 14.0. The van der Waals surface area contributed by atoms with Crippen molar-refractivity contribution in [2.24, 2.45) is 23.5 Å². The fraction of sp³-hybridized carbons (Fsp3) is 0.457. The van der Waals surface area contributed by atoms with Crippen molar-refractivity contribution >= 4 is 33.8 Å². The number of carbonyl (C=O) groups excluding carboxylic acids is 1. The molecule has 12 nitrogen and oxygen atoms in total. The van der Waals surface area contributed by atoms with Crippen molar-refractivity contribution in [1.29, 1.82) is 0 Å². The number of hydrogen-bond donors (Lipinski definition) is 1. The number of nitrogens with two attached hydrogens (primary N) is 1. The number of anilines is 1. The van der Waals surface area contributed by atoms with Crippen LogP contribution in [0.1, 0.15) is 36.0 Å². The number of aromatic nitrogens is 6. The van der Waals surface area contributed by atoms with Gasteiger partial charge in [-0.3, -0.25) is 4.79 Å². The number of piperidine rings is 1. The van der Waals surface area contributed by atoms with E-state index in [0.717, 1.165) is 78.4 Å². The third-order valence-corrected chi connectivity index (χ3v) is 10.7. The Morgan fingerprint density at radius 2 is 1.74 bits per heavy atom. The molecule has 242 valence electrons. The molecular weight excluding hydrogens is 594 g/mol. The Hall–Kier alpha value is -4.71. The molecule has 4 aliphatic rings. The number of benzene rings is 1. The van der Waals surface area contributed by atoms with Gasteiger partial charge in [-0.1, -0.05) is 0 Å². The lowest BCUT2D eigenvalue weighted by atomic mass is 9.99. The number of amides is 1. The van der Waals surface area contributed by atoms with Crippen LogP contribution < -0.4 is 20.1 Å². The van der Waals surface area contributed by atoms with Gasteiger partial charge in [0.15, 0.2) is 11.6 Å². The molecule has 0 spiro atoms. The molecule has 4 fully saturated rings. The molecule has 5 aromatic rings. The summed E-state index contributed by atoms with van der Waals surface area (Å²) in [5.74, 6) is 4.15. The van der Waals surface area contributed by atoms with E-state index in [9.17, 15) is 4.79 Å². The van der Waals surface area contributed by atoms with Gasteiger partial charge in [-0.15, -0.1) is 0 Å². The molecule has 4 aromatic heterocycles. The minimum Gasteiger partial charge on any atom is -0.494 e. The molecule has 0 radical (unpaired) electrons. The average Bonchev–Trinajstić information content (AvgIpc) is 3.44. The summed E-state index contributed by atoms with van der Waals surface area (Å²) in [6.07, 6.45) is 9.73. The van der Waals surface area contributed by atoms with Crippen LogP contribution in [0.5, 0.6) is 11.6 Å². The number of nitrogens with zero attached hydrogens (tertiary/aromatic N) is 8. The van der Waals surface area contributed by atoms with Crippen LogP contribution in [0.3, 0.4) is 0 Å². The fourth-order valence-corrected chi connectivity index (χ4v) is 8.14. The molecule has 1 aromatic carbocycles. The Morgan fingerprint density at radius 3 is 2.49 bits per heavy atom. The zero-order valence-corrected chi connectivity index (χ0v) is 26.7. The quantitative estimate of drug-likeness (QED) is 0.256. The molecule has 47 heavy (non-hydrogen) atoms. The van der Waals surface area contributed by atoms with Crippen molar-refractivity contribution in [3.05, 3.63) is 54.5 Å². The van der Waals surface area contributed by atoms with Crippen molar-refractivity contribution in [2.75, 3.05) is 38.8 Å².